The van der Waals surface area contributed by atoms with Crippen LogP contribution in [0.1, 0.15) is 41.0 Å². The molecule has 3 N–H and O–H groups in total. The Morgan fingerprint density at radius 2 is 1.89 bits per heavy atom. The van der Waals surface area contributed by atoms with E-state index >= 15 is 0 Å². The number of anilines is 2. The lowest BCUT2D eigenvalue weighted by Crippen LogP contribution is -2.29. The summed E-state index contributed by atoms with van der Waals surface area (Å²) in [4.78, 5) is 19.6. The Balaban J connectivity index is 1.24. The highest BCUT2D eigenvalue weighted by Crippen LogP contribution is 2.26. The molecule has 7 heteroatoms. The summed E-state index contributed by atoms with van der Waals surface area (Å²) >= 11 is 0. The highest BCUT2D eigenvalue weighted by atomic mass is 16.1. The maximum Gasteiger partial charge on any atom is 0.253 e. The van der Waals surface area contributed by atoms with Gasteiger partial charge in [-0.1, -0.05) is 18.2 Å². The van der Waals surface area contributed by atoms with Crippen molar-refractivity contribution in [2.45, 2.75) is 19.3 Å². The van der Waals surface area contributed by atoms with E-state index in [0.717, 1.165) is 46.6 Å². The van der Waals surface area contributed by atoms with E-state index in [1.807, 2.05) is 72.8 Å². The largest absolute Gasteiger partial charge is 0.355 e. The maximum absolute atomic E-state index is 12.9. The number of carbonyl (C=O) groups excluding carboxylic acids is 1. The van der Waals surface area contributed by atoms with Gasteiger partial charge in [-0.3, -0.25) is 14.9 Å². The first-order valence-corrected chi connectivity index (χ1v) is 12.2. The van der Waals surface area contributed by atoms with Gasteiger partial charge in [-0.15, -0.1) is 0 Å². The van der Waals surface area contributed by atoms with E-state index < -0.39 is 0 Å². The lowest BCUT2D eigenvalue weighted by atomic mass is 10.1. The molecule has 7 nitrogen and oxygen atoms in total. The summed E-state index contributed by atoms with van der Waals surface area (Å²) in [6.45, 7) is 4.09. The first-order valence-electron chi connectivity index (χ1n) is 12.2. The van der Waals surface area contributed by atoms with Gasteiger partial charge in [0.1, 0.15) is 0 Å². The minimum atomic E-state index is -0.0564. The van der Waals surface area contributed by atoms with Crippen molar-refractivity contribution in [2.75, 3.05) is 31.5 Å². The van der Waals surface area contributed by atoms with E-state index in [1.54, 1.807) is 6.20 Å². The Morgan fingerprint density at radius 3 is 2.74 bits per heavy atom. The third-order valence-electron chi connectivity index (χ3n) is 6.28. The van der Waals surface area contributed by atoms with Gasteiger partial charge in [0, 0.05) is 23.8 Å². The number of aromatic amines is 1. The molecule has 2 aromatic heterocycles. The highest BCUT2D eigenvalue weighted by Gasteiger charge is 2.13. The van der Waals surface area contributed by atoms with Crippen LogP contribution in [0.2, 0.25) is 0 Å². The zero-order chi connectivity index (χ0) is 23.9. The van der Waals surface area contributed by atoms with Gasteiger partial charge in [-0.05, 0) is 93.5 Å². The number of carbonyl (C=O) groups is 1. The Bertz CT molecular complexity index is 1310. The van der Waals surface area contributed by atoms with Crippen LogP contribution in [0.4, 0.5) is 11.4 Å². The average Bonchev–Trinajstić information content (AvgIpc) is 3.56. The summed E-state index contributed by atoms with van der Waals surface area (Å²) in [6.07, 6.45) is 9.22. The second-order valence-electron chi connectivity index (χ2n) is 8.79. The molecule has 4 aromatic rings. The zero-order valence-electron chi connectivity index (χ0n) is 19.7. The van der Waals surface area contributed by atoms with E-state index in [0.29, 0.717) is 12.1 Å². The fourth-order valence-corrected chi connectivity index (χ4v) is 4.44. The van der Waals surface area contributed by atoms with Crippen molar-refractivity contribution in [3.63, 3.8) is 0 Å². The van der Waals surface area contributed by atoms with Gasteiger partial charge in [-0.2, -0.15) is 5.10 Å². The molecule has 0 bridgehead atoms. The molecule has 35 heavy (non-hydrogen) atoms. The standard InChI is InChI=1S/C28H30N6O/c35-28(30-16-7-19-34-17-5-6-18-34)24-9-1-2-10-25(24)31-22-11-13-23-26(32-33-27(23)20-22)14-12-21-8-3-4-15-29-21/h1-4,8-15,20,31H,5-7,16-19H2,(H,30,35)(H,32,33)/b14-12+. The van der Waals surface area contributed by atoms with Gasteiger partial charge in [-0.25, -0.2) is 0 Å². The number of likely N-dealkylation sites (tertiary alicyclic amines) is 1. The molecule has 1 aliphatic heterocycles. The van der Waals surface area contributed by atoms with Crippen LogP contribution in [0.3, 0.4) is 0 Å². The molecule has 0 unspecified atom stereocenters. The molecular weight excluding hydrogens is 436 g/mol. The third-order valence-corrected chi connectivity index (χ3v) is 6.28. The average molecular weight is 467 g/mol. The third kappa shape index (κ3) is 5.75. The molecule has 0 atom stereocenters. The van der Waals surface area contributed by atoms with Crippen molar-refractivity contribution in [1.29, 1.82) is 0 Å². The highest BCUT2D eigenvalue weighted by molar-refractivity contribution is 6.00. The number of para-hydroxylation sites is 1. The molecule has 0 spiro atoms. The summed E-state index contributed by atoms with van der Waals surface area (Å²) in [5.74, 6) is -0.0564. The number of fused-ring (bicyclic) bond motifs is 1. The van der Waals surface area contributed by atoms with E-state index in [4.69, 9.17) is 0 Å². The first-order chi connectivity index (χ1) is 17.3. The molecule has 1 fully saturated rings. The fourth-order valence-electron chi connectivity index (χ4n) is 4.44. The van der Waals surface area contributed by atoms with Crippen LogP contribution >= 0.6 is 0 Å². The van der Waals surface area contributed by atoms with Crippen LogP contribution in [0.15, 0.2) is 66.9 Å². The Hall–Kier alpha value is -3.97. The fraction of sp³-hybridized carbons (Fsp3) is 0.250. The number of rotatable bonds is 9. The molecule has 1 amide bonds. The molecule has 0 saturated carbocycles. The summed E-state index contributed by atoms with van der Waals surface area (Å²) < 4.78 is 0. The molecule has 3 heterocycles. The molecule has 1 saturated heterocycles. The van der Waals surface area contributed by atoms with Crippen LogP contribution in [0, 0.1) is 0 Å². The van der Waals surface area contributed by atoms with E-state index in [9.17, 15) is 4.79 Å². The van der Waals surface area contributed by atoms with Crippen molar-refractivity contribution in [1.82, 2.24) is 25.4 Å². The van der Waals surface area contributed by atoms with Gasteiger partial charge < -0.3 is 15.5 Å². The number of hydrogen-bond acceptors (Lipinski definition) is 5. The van der Waals surface area contributed by atoms with Crippen molar-refractivity contribution in [3.05, 3.63) is 83.8 Å². The number of amides is 1. The second kappa shape index (κ2) is 11.0. The minimum absolute atomic E-state index is 0.0564. The molecule has 5 rings (SSSR count). The number of hydrogen-bond donors (Lipinski definition) is 3. The van der Waals surface area contributed by atoms with E-state index in [2.05, 4.69) is 30.7 Å². The van der Waals surface area contributed by atoms with Gasteiger partial charge in [0.2, 0.25) is 0 Å². The van der Waals surface area contributed by atoms with E-state index in [-0.39, 0.29) is 5.91 Å². The predicted octanol–water partition coefficient (Wildman–Crippen LogP) is 5.09. The number of aromatic nitrogens is 3. The first kappa shape index (κ1) is 22.8. The van der Waals surface area contributed by atoms with Crippen LogP contribution < -0.4 is 10.6 Å². The molecule has 1 aliphatic rings. The van der Waals surface area contributed by atoms with Crippen molar-refractivity contribution in [2.24, 2.45) is 0 Å². The van der Waals surface area contributed by atoms with Crippen molar-refractivity contribution in [3.8, 4) is 0 Å². The minimum Gasteiger partial charge on any atom is -0.355 e. The number of H-pyrrole nitrogens is 1. The number of nitrogens with one attached hydrogen (secondary N) is 3. The second-order valence-corrected chi connectivity index (χ2v) is 8.79. The van der Waals surface area contributed by atoms with Gasteiger partial charge in [0.05, 0.1) is 28.2 Å². The summed E-state index contributed by atoms with van der Waals surface area (Å²) in [6, 6.07) is 19.4. The Labute approximate surface area is 205 Å². The summed E-state index contributed by atoms with van der Waals surface area (Å²) in [7, 11) is 0. The Morgan fingerprint density at radius 1 is 1.03 bits per heavy atom. The Kier molecular flexibility index (Phi) is 7.15. The molecule has 178 valence electrons. The number of pyridine rings is 1. The van der Waals surface area contributed by atoms with Crippen LogP contribution in [0.5, 0.6) is 0 Å². The SMILES string of the molecule is O=C(NCCCN1CCCC1)c1ccccc1Nc1ccc2c(/C=C/c3ccccn3)n[nH]c2c1. The predicted molar refractivity (Wildman–Crippen MR) is 142 cm³/mol. The lowest BCUT2D eigenvalue weighted by molar-refractivity contribution is 0.0953. The summed E-state index contributed by atoms with van der Waals surface area (Å²) in [5, 5.41) is 15.0. The zero-order valence-corrected chi connectivity index (χ0v) is 19.7. The molecule has 0 radical (unpaired) electrons. The monoisotopic (exact) mass is 466 g/mol. The lowest BCUT2D eigenvalue weighted by Gasteiger charge is -2.15. The molecule has 0 aliphatic carbocycles. The smallest absolute Gasteiger partial charge is 0.253 e. The normalized spacial score (nSPS) is 14.1. The van der Waals surface area contributed by atoms with Crippen LogP contribution in [0.25, 0.3) is 23.1 Å². The van der Waals surface area contributed by atoms with Gasteiger partial charge in [0.15, 0.2) is 0 Å². The van der Waals surface area contributed by atoms with Crippen molar-refractivity contribution >= 4 is 40.3 Å². The summed E-state index contributed by atoms with van der Waals surface area (Å²) in [5.41, 5.74) is 4.95. The van der Waals surface area contributed by atoms with E-state index in [1.165, 1.54) is 25.9 Å². The quantitative estimate of drug-likeness (QED) is 0.299. The topological polar surface area (TPSA) is 85.9 Å². The van der Waals surface area contributed by atoms with Crippen LogP contribution in [-0.2, 0) is 0 Å². The molecule has 2 aromatic carbocycles. The van der Waals surface area contributed by atoms with Gasteiger partial charge >= 0.3 is 0 Å². The number of benzene rings is 2. The molecular formula is C28H30N6O. The van der Waals surface area contributed by atoms with Crippen molar-refractivity contribution < 1.29 is 4.79 Å². The van der Waals surface area contributed by atoms with Gasteiger partial charge in [0.25, 0.3) is 5.91 Å². The number of nitrogens with zero attached hydrogens (tertiary/aromatic N) is 3. The van der Waals surface area contributed by atoms with Crippen LogP contribution in [-0.4, -0.2) is 52.2 Å². The maximum atomic E-state index is 12.9.